The third kappa shape index (κ3) is 2.23. The zero-order valence-electron chi connectivity index (χ0n) is 9.22. The number of hydrogen-bond acceptors (Lipinski definition) is 5. The number of hydrogen-bond donors (Lipinski definition) is 2. The molecule has 2 unspecified atom stereocenters. The van der Waals surface area contributed by atoms with Crippen molar-refractivity contribution in [3.63, 3.8) is 0 Å². The van der Waals surface area contributed by atoms with E-state index >= 15 is 0 Å². The first-order valence-corrected chi connectivity index (χ1v) is 5.33. The van der Waals surface area contributed by atoms with Crippen molar-refractivity contribution >= 4 is 5.82 Å². The third-order valence-corrected chi connectivity index (χ3v) is 2.73. The third-order valence-electron chi connectivity index (χ3n) is 2.73. The Labute approximate surface area is 93.4 Å². The maximum atomic E-state index is 11.2. The van der Waals surface area contributed by atoms with Crippen LogP contribution >= 0.6 is 0 Å². The molecule has 2 atom stereocenters. The van der Waals surface area contributed by atoms with Gasteiger partial charge in [0.2, 0.25) is 0 Å². The lowest BCUT2D eigenvalue weighted by atomic mass is 10.2. The van der Waals surface area contributed by atoms with E-state index in [9.17, 15) is 4.79 Å². The van der Waals surface area contributed by atoms with Gasteiger partial charge in [-0.15, -0.1) is 0 Å². The van der Waals surface area contributed by atoms with E-state index in [4.69, 9.17) is 10.5 Å². The van der Waals surface area contributed by atoms with Crippen LogP contribution in [0.5, 0.6) is 0 Å². The summed E-state index contributed by atoms with van der Waals surface area (Å²) in [4.78, 5) is 19.9. The van der Waals surface area contributed by atoms with Crippen LogP contribution in [0.4, 0.5) is 5.82 Å². The predicted molar refractivity (Wildman–Crippen MR) is 60.5 cm³/mol. The Morgan fingerprint density at radius 2 is 2.56 bits per heavy atom. The van der Waals surface area contributed by atoms with Gasteiger partial charge in [-0.05, 0) is 6.92 Å². The maximum absolute atomic E-state index is 11.2. The highest BCUT2D eigenvalue weighted by Crippen LogP contribution is 2.17. The van der Waals surface area contributed by atoms with Crippen molar-refractivity contribution < 1.29 is 4.74 Å². The molecule has 88 valence electrons. The molecule has 1 fully saturated rings. The fraction of sp³-hybridized carbons (Fsp3) is 0.600. The van der Waals surface area contributed by atoms with Crippen LogP contribution in [0.2, 0.25) is 0 Å². The molecule has 16 heavy (non-hydrogen) atoms. The Kier molecular flexibility index (Phi) is 3.21. The largest absolute Gasteiger partial charge is 0.373 e. The summed E-state index contributed by atoms with van der Waals surface area (Å²) in [6, 6.07) is 1.70. The summed E-state index contributed by atoms with van der Waals surface area (Å²) in [6.45, 7) is 3.80. The molecule has 2 heterocycles. The Hall–Kier alpha value is -1.40. The minimum Gasteiger partial charge on any atom is -0.373 e. The van der Waals surface area contributed by atoms with Crippen LogP contribution in [0.25, 0.3) is 0 Å². The number of rotatable bonds is 2. The molecule has 0 saturated carbocycles. The van der Waals surface area contributed by atoms with Gasteiger partial charge in [0.15, 0.2) is 0 Å². The summed E-state index contributed by atoms with van der Waals surface area (Å²) < 4.78 is 5.54. The van der Waals surface area contributed by atoms with E-state index in [-0.39, 0.29) is 17.7 Å². The van der Waals surface area contributed by atoms with Crippen molar-refractivity contribution in [1.82, 2.24) is 9.97 Å². The van der Waals surface area contributed by atoms with Crippen LogP contribution in [-0.2, 0) is 4.74 Å². The number of ether oxygens (including phenoxy) is 1. The quantitative estimate of drug-likeness (QED) is 0.695. The normalized spacial score (nSPS) is 25.8. The zero-order valence-corrected chi connectivity index (χ0v) is 9.22. The van der Waals surface area contributed by atoms with Crippen LogP contribution in [0.1, 0.15) is 6.92 Å². The fourth-order valence-corrected chi connectivity index (χ4v) is 1.79. The monoisotopic (exact) mass is 224 g/mol. The highest BCUT2D eigenvalue weighted by atomic mass is 16.5. The smallest absolute Gasteiger partial charge is 0.252 e. The predicted octanol–water partition coefficient (Wildman–Crippen LogP) is -0.678. The molecule has 0 spiro atoms. The average Bonchev–Trinajstić information content (AvgIpc) is 2.30. The summed E-state index contributed by atoms with van der Waals surface area (Å²) in [6.07, 6.45) is 1.43. The van der Waals surface area contributed by atoms with E-state index in [1.807, 2.05) is 6.92 Å². The van der Waals surface area contributed by atoms with Gasteiger partial charge in [0.1, 0.15) is 5.82 Å². The summed E-state index contributed by atoms with van der Waals surface area (Å²) in [5.41, 5.74) is 5.43. The number of nitrogens with zero attached hydrogens (tertiary/aromatic N) is 2. The van der Waals surface area contributed by atoms with Crippen molar-refractivity contribution in [3.8, 4) is 0 Å². The lowest BCUT2D eigenvalue weighted by Gasteiger charge is -2.38. The molecule has 1 aliphatic heterocycles. The van der Waals surface area contributed by atoms with Gasteiger partial charge < -0.3 is 20.4 Å². The van der Waals surface area contributed by atoms with Crippen LogP contribution in [0.15, 0.2) is 17.2 Å². The van der Waals surface area contributed by atoms with E-state index in [0.717, 1.165) is 0 Å². The first kappa shape index (κ1) is 11.1. The Morgan fingerprint density at radius 1 is 1.75 bits per heavy atom. The molecule has 0 amide bonds. The van der Waals surface area contributed by atoms with E-state index in [1.54, 1.807) is 0 Å². The first-order valence-electron chi connectivity index (χ1n) is 5.33. The van der Waals surface area contributed by atoms with E-state index in [1.165, 1.54) is 12.4 Å². The lowest BCUT2D eigenvalue weighted by Crippen LogP contribution is -2.51. The lowest BCUT2D eigenvalue weighted by molar-refractivity contribution is 0.0280. The van der Waals surface area contributed by atoms with Crippen LogP contribution < -0.4 is 16.2 Å². The van der Waals surface area contributed by atoms with Gasteiger partial charge in [-0.25, -0.2) is 4.98 Å². The SMILES string of the molecule is CC1COC(CN)CN1c1cc(=O)[nH]cn1. The molecule has 6 nitrogen and oxygen atoms in total. The summed E-state index contributed by atoms with van der Waals surface area (Å²) in [5, 5.41) is 0. The summed E-state index contributed by atoms with van der Waals surface area (Å²) in [7, 11) is 0. The van der Waals surface area contributed by atoms with Crippen molar-refractivity contribution in [2.75, 3.05) is 24.6 Å². The van der Waals surface area contributed by atoms with Crippen LogP contribution in [-0.4, -0.2) is 41.8 Å². The second-order valence-electron chi connectivity index (χ2n) is 3.96. The van der Waals surface area contributed by atoms with E-state index < -0.39 is 0 Å². The van der Waals surface area contributed by atoms with Crippen LogP contribution in [0.3, 0.4) is 0 Å². The molecule has 0 aliphatic carbocycles. The summed E-state index contributed by atoms with van der Waals surface area (Å²) in [5.74, 6) is 0.679. The Balaban J connectivity index is 2.21. The van der Waals surface area contributed by atoms with Gasteiger partial charge in [-0.2, -0.15) is 0 Å². The molecular weight excluding hydrogens is 208 g/mol. The molecule has 0 radical (unpaired) electrons. The highest BCUT2D eigenvalue weighted by Gasteiger charge is 2.26. The van der Waals surface area contributed by atoms with E-state index in [2.05, 4.69) is 14.9 Å². The molecule has 1 saturated heterocycles. The van der Waals surface area contributed by atoms with Gasteiger partial charge in [-0.3, -0.25) is 4.79 Å². The molecule has 3 N–H and O–H groups in total. The number of aromatic amines is 1. The topological polar surface area (TPSA) is 84.2 Å². The second kappa shape index (κ2) is 4.63. The first-order chi connectivity index (χ1) is 7.70. The van der Waals surface area contributed by atoms with Gasteiger partial charge in [-0.1, -0.05) is 0 Å². The number of anilines is 1. The van der Waals surface area contributed by atoms with Crippen molar-refractivity contribution in [2.24, 2.45) is 5.73 Å². The molecule has 0 bridgehead atoms. The van der Waals surface area contributed by atoms with Crippen molar-refractivity contribution in [3.05, 3.63) is 22.7 Å². The van der Waals surface area contributed by atoms with E-state index in [0.29, 0.717) is 25.5 Å². The van der Waals surface area contributed by atoms with Gasteiger partial charge in [0.25, 0.3) is 5.56 Å². The fourth-order valence-electron chi connectivity index (χ4n) is 1.79. The Morgan fingerprint density at radius 3 is 3.25 bits per heavy atom. The maximum Gasteiger partial charge on any atom is 0.252 e. The zero-order chi connectivity index (χ0) is 11.5. The average molecular weight is 224 g/mol. The minimum atomic E-state index is -0.145. The molecule has 1 aromatic heterocycles. The molecule has 0 aromatic carbocycles. The van der Waals surface area contributed by atoms with Crippen molar-refractivity contribution in [2.45, 2.75) is 19.1 Å². The molecule has 1 aliphatic rings. The molecule has 2 rings (SSSR count). The Bertz CT molecular complexity index is 406. The van der Waals surface area contributed by atoms with Gasteiger partial charge in [0.05, 0.1) is 25.1 Å². The number of nitrogens with one attached hydrogen (secondary N) is 1. The number of aromatic nitrogens is 2. The standard InChI is InChI=1S/C10H16N4O2/c1-7-5-16-8(3-11)4-14(7)9-2-10(15)13-6-12-9/h2,6-8H,3-5,11H2,1H3,(H,12,13,15). The number of nitrogens with two attached hydrogens (primary N) is 1. The summed E-state index contributed by atoms with van der Waals surface area (Å²) >= 11 is 0. The molecular formula is C10H16N4O2. The minimum absolute atomic E-state index is 0.0114. The van der Waals surface area contributed by atoms with Crippen molar-refractivity contribution in [1.29, 1.82) is 0 Å². The van der Waals surface area contributed by atoms with Crippen LogP contribution in [0, 0.1) is 0 Å². The van der Waals surface area contributed by atoms with Gasteiger partial charge >= 0.3 is 0 Å². The number of H-pyrrole nitrogens is 1. The molecule has 1 aromatic rings. The van der Waals surface area contributed by atoms with Gasteiger partial charge in [0, 0.05) is 19.2 Å². The second-order valence-corrected chi connectivity index (χ2v) is 3.96. The highest BCUT2D eigenvalue weighted by molar-refractivity contribution is 5.38. The molecule has 6 heteroatoms. The number of morpholine rings is 1.